The lowest BCUT2D eigenvalue weighted by Gasteiger charge is -2.27. The highest BCUT2D eigenvalue weighted by Crippen LogP contribution is 2.59. The highest BCUT2D eigenvalue weighted by Gasteiger charge is 2.53. The first kappa shape index (κ1) is 8.10. The Balaban J connectivity index is 1.94. The fourth-order valence-electron chi connectivity index (χ4n) is 2.51. The van der Waals surface area contributed by atoms with Crippen molar-refractivity contribution in [3.8, 4) is 0 Å². The van der Waals surface area contributed by atoms with Crippen molar-refractivity contribution < 1.29 is 0 Å². The third-order valence-electron chi connectivity index (χ3n) is 3.71. The minimum absolute atomic E-state index is 0.695. The number of alkyl halides is 1. The highest BCUT2D eigenvalue weighted by molar-refractivity contribution is 9.09. The molecule has 0 saturated heterocycles. The van der Waals surface area contributed by atoms with Crippen LogP contribution in [-0.2, 0) is 0 Å². The molecule has 0 heterocycles. The van der Waals surface area contributed by atoms with Gasteiger partial charge in [-0.2, -0.15) is 0 Å². The number of hydrogen-bond acceptors (Lipinski definition) is 0. The lowest BCUT2D eigenvalue weighted by molar-refractivity contribution is 0.247. The van der Waals surface area contributed by atoms with Crippen LogP contribution >= 0.6 is 15.9 Å². The van der Waals surface area contributed by atoms with Crippen molar-refractivity contribution in [3.63, 3.8) is 0 Å². The summed E-state index contributed by atoms with van der Waals surface area (Å²) in [5, 5.41) is 0. The Kier molecular flexibility index (Phi) is 2.03. The van der Waals surface area contributed by atoms with Crippen LogP contribution in [0.5, 0.6) is 0 Å². The zero-order chi connectivity index (χ0) is 7.90. The smallest absolute Gasteiger partial charge is 0.0208 e. The second-order valence-electron chi connectivity index (χ2n) is 4.51. The van der Waals surface area contributed by atoms with E-state index in [1.54, 1.807) is 0 Å². The van der Waals surface area contributed by atoms with Crippen molar-refractivity contribution in [2.24, 2.45) is 11.3 Å². The molecule has 0 N–H and O–H groups in total. The Morgan fingerprint density at radius 3 is 2.18 bits per heavy atom. The van der Waals surface area contributed by atoms with E-state index in [9.17, 15) is 0 Å². The van der Waals surface area contributed by atoms with E-state index in [0.717, 1.165) is 10.7 Å². The molecule has 0 radical (unpaired) electrons. The predicted octanol–water partition coefficient (Wildman–Crippen LogP) is 3.74. The van der Waals surface area contributed by atoms with Gasteiger partial charge in [-0.05, 0) is 30.6 Å². The first-order chi connectivity index (χ1) is 5.23. The average Bonchev–Trinajstić information content (AvgIpc) is 2.64. The van der Waals surface area contributed by atoms with Crippen LogP contribution in [0, 0.1) is 11.3 Å². The molecular weight excluding hydrogens is 200 g/mol. The quantitative estimate of drug-likeness (QED) is 0.587. The molecule has 0 bridgehead atoms. The van der Waals surface area contributed by atoms with Gasteiger partial charge in [0.15, 0.2) is 0 Å². The van der Waals surface area contributed by atoms with Gasteiger partial charge in [0, 0.05) is 4.83 Å². The number of halogens is 1. The Labute approximate surface area is 77.9 Å². The van der Waals surface area contributed by atoms with Gasteiger partial charge in [0.1, 0.15) is 0 Å². The minimum Gasteiger partial charge on any atom is -0.0884 e. The van der Waals surface area contributed by atoms with E-state index in [1.165, 1.54) is 38.5 Å². The van der Waals surface area contributed by atoms with Crippen molar-refractivity contribution in [2.45, 2.75) is 50.3 Å². The van der Waals surface area contributed by atoms with Crippen LogP contribution in [0.3, 0.4) is 0 Å². The first-order valence-electron chi connectivity index (χ1n) is 4.87. The van der Waals surface area contributed by atoms with E-state index in [4.69, 9.17) is 0 Å². The normalized spacial score (nSPS) is 45.8. The second kappa shape index (κ2) is 2.76. The SMILES string of the molecule is CC1(C2CCCCC2)CC1Br. The standard InChI is InChI=1S/C10H17Br/c1-10(7-9(10)11)8-5-3-2-4-6-8/h8-9H,2-7H2,1H3. The van der Waals surface area contributed by atoms with Gasteiger partial charge in [-0.25, -0.2) is 0 Å². The molecule has 0 aromatic heterocycles. The molecule has 0 aromatic carbocycles. The summed E-state index contributed by atoms with van der Waals surface area (Å²) < 4.78 is 0. The van der Waals surface area contributed by atoms with E-state index < -0.39 is 0 Å². The molecule has 0 aromatic rings. The Morgan fingerprint density at radius 2 is 1.73 bits per heavy atom. The summed E-state index contributed by atoms with van der Waals surface area (Å²) in [6.07, 6.45) is 8.88. The molecule has 2 aliphatic carbocycles. The Morgan fingerprint density at radius 1 is 1.18 bits per heavy atom. The van der Waals surface area contributed by atoms with Crippen molar-refractivity contribution >= 4 is 15.9 Å². The molecule has 2 atom stereocenters. The van der Waals surface area contributed by atoms with Crippen LogP contribution in [0.15, 0.2) is 0 Å². The minimum atomic E-state index is 0.695. The van der Waals surface area contributed by atoms with Crippen LogP contribution in [0.1, 0.15) is 45.4 Å². The molecule has 2 unspecified atom stereocenters. The van der Waals surface area contributed by atoms with Crippen molar-refractivity contribution in [1.82, 2.24) is 0 Å². The van der Waals surface area contributed by atoms with E-state index in [-0.39, 0.29) is 0 Å². The number of rotatable bonds is 1. The first-order valence-corrected chi connectivity index (χ1v) is 5.79. The van der Waals surface area contributed by atoms with Crippen LogP contribution in [0.25, 0.3) is 0 Å². The molecule has 2 fully saturated rings. The molecule has 2 rings (SSSR count). The molecule has 1 heteroatoms. The van der Waals surface area contributed by atoms with E-state index in [2.05, 4.69) is 22.9 Å². The van der Waals surface area contributed by atoms with Crippen LogP contribution in [0.4, 0.5) is 0 Å². The second-order valence-corrected chi connectivity index (χ2v) is 5.62. The van der Waals surface area contributed by atoms with Crippen molar-refractivity contribution in [3.05, 3.63) is 0 Å². The predicted molar refractivity (Wildman–Crippen MR) is 52.0 cm³/mol. The fourth-order valence-corrected chi connectivity index (χ4v) is 3.58. The monoisotopic (exact) mass is 216 g/mol. The maximum Gasteiger partial charge on any atom is 0.0208 e. The molecule has 0 amide bonds. The largest absolute Gasteiger partial charge is 0.0884 e. The Bertz CT molecular complexity index is 149. The van der Waals surface area contributed by atoms with Gasteiger partial charge in [-0.3, -0.25) is 0 Å². The van der Waals surface area contributed by atoms with Crippen molar-refractivity contribution in [1.29, 1.82) is 0 Å². The van der Waals surface area contributed by atoms with Gasteiger partial charge in [0.05, 0.1) is 0 Å². The summed E-state index contributed by atoms with van der Waals surface area (Å²) in [5.74, 6) is 1.04. The lowest BCUT2D eigenvalue weighted by Crippen LogP contribution is -2.18. The third kappa shape index (κ3) is 1.37. The van der Waals surface area contributed by atoms with Crippen LogP contribution in [0.2, 0.25) is 0 Å². The Hall–Kier alpha value is 0.480. The van der Waals surface area contributed by atoms with E-state index >= 15 is 0 Å². The zero-order valence-corrected chi connectivity index (χ0v) is 8.86. The third-order valence-corrected chi connectivity index (χ3v) is 5.08. The fraction of sp³-hybridized carbons (Fsp3) is 1.00. The molecule has 0 aliphatic heterocycles. The summed E-state index contributed by atoms with van der Waals surface area (Å²) in [4.78, 5) is 0.845. The highest BCUT2D eigenvalue weighted by atomic mass is 79.9. The van der Waals surface area contributed by atoms with Gasteiger partial charge in [-0.1, -0.05) is 42.1 Å². The summed E-state index contributed by atoms with van der Waals surface area (Å²) in [6, 6.07) is 0. The van der Waals surface area contributed by atoms with Crippen molar-refractivity contribution in [2.75, 3.05) is 0 Å². The van der Waals surface area contributed by atoms with Gasteiger partial charge >= 0.3 is 0 Å². The summed E-state index contributed by atoms with van der Waals surface area (Å²) >= 11 is 3.74. The van der Waals surface area contributed by atoms with E-state index in [1.807, 2.05) is 0 Å². The molecule has 2 saturated carbocycles. The maximum atomic E-state index is 3.74. The molecule has 0 nitrogen and oxygen atoms in total. The van der Waals surface area contributed by atoms with E-state index in [0.29, 0.717) is 5.41 Å². The summed E-state index contributed by atoms with van der Waals surface area (Å²) in [5.41, 5.74) is 0.695. The maximum absolute atomic E-state index is 3.74. The van der Waals surface area contributed by atoms with Gasteiger partial charge in [0.2, 0.25) is 0 Å². The molecule has 2 aliphatic rings. The molecular formula is C10H17Br. The average molecular weight is 217 g/mol. The zero-order valence-electron chi connectivity index (χ0n) is 7.28. The van der Waals surface area contributed by atoms with Crippen LogP contribution in [-0.4, -0.2) is 4.83 Å². The summed E-state index contributed by atoms with van der Waals surface area (Å²) in [7, 11) is 0. The van der Waals surface area contributed by atoms with Gasteiger partial charge in [0.25, 0.3) is 0 Å². The molecule has 64 valence electrons. The molecule has 11 heavy (non-hydrogen) atoms. The lowest BCUT2D eigenvalue weighted by atomic mass is 9.79. The molecule has 0 spiro atoms. The van der Waals surface area contributed by atoms with Gasteiger partial charge in [-0.15, -0.1) is 0 Å². The topological polar surface area (TPSA) is 0 Å². The van der Waals surface area contributed by atoms with Gasteiger partial charge < -0.3 is 0 Å². The number of hydrogen-bond donors (Lipinski definition) is 0. The van der Waals surface area contributed by atoms with Crippen LogP contribution < -0.4 is 0 Å². The summed E-state index contributed by atoms with van der Waals surface area (Å²) in [6.45, 7) is 2.46.